The Morgan fingerprint density at radius 2 is 1.81 bits per heavy atom. The molecule has 0 saturated carbocycles. The second-order valence-corrected chi connectivity index (χ2v) is 6.56. The van der Waals surface area contributed by atoms with Crippen LogP contribution in [0.25, 0.3) is 0 Å². The van der Waals surface area contributed by atoms with Crippen LogP contribution in [0.1, 0.15) is 30.2 Å². The fourth-order valence-corrected chi connectivity index (χ4v) is 2.62. The molecule has 6 N–H and O–H groups in total. The van der Waals surface area contributed by atoms with Gasteiger partial charge in [0, 0.05) is 12.2 Å². The van der Waals surface area contributed by atoms with Crippen molar-refractivity contribution < 1.29 is 9.59 Å². The lowest BCUT2D eigenvalue weighted by atomic mass is 10.1. The number of nitrogens with two attached hydrogens (primary N) is 2. The van der Waals surface area contributed by atoms with E-state index < -0.39 is 12.1 Å². The number of amides is 2. The van der Waals surface area contributed by atoms with Crippen LogP contribution in [0.15, 0.2) is 42.5 Å². The van der Waals surface area contributed by atoms with Crippen LogP contribution in [0.5, 0.6) is 0 Å². The standard InChI is InChI=1S/C20H27N5O2/c1-13-16(9-11-18(22)24-13)12-23-19(26)14(2)25-20(27)17(21)10-8-15-6-4-3-5-7-15/h3-7,9,11,14,17H,8,10,12,21H2,1-2H3,(H2,22,24)(H,23,26)(H,25,27)/t14?,17-/m1/s1. The van der Waals surface area contributed by atoms with Gasteiger partial charge in [0.1, 0.15) is 11.9 Å². The summed E-state index contributed by atoms with van der Waals surface area (Å²) in [5.74, 6) is -0.179. The summed E-state index contributed by atoms with van der Waals surface area (Å²) in [4.78, 5) is 28.6. The molecule has 2 atom stereocenters. The Morgan fingerprint density at radius 1 is 1.11 bits per heavy atom. The Labute approximate surface area is 159 Å². The van der Waals surface area contributed by atoms with Crippen molar-refractivity contribution in [3.63, 3.8) is 0 Å². The highest BCUT2D eigenvalue weighted by molar-refractivity contribution is 5.89. The highest BCUT2D eigenvalue weighted by Crippen LogP contribution is 2.08. The quantitative estimate of drug-likeness (QED) is 0.554. The minimum atomic E-state index is -0.678. The molecule has 0 aliphatic carbocycles. The number of hydrogen-bond donors (Lipinski definition) is 4. The number of anilines is 1. The maximum Gasteiger partial charge on any atom is 0.242 e. The number of nitrogens with zero attached hydrogens (tertiary/aromatic N) is 1. The van der Waals surface area contributed by atoms with Crippen molar-refractivity contribution in [2.75, 3.05) is 5.73 Å². The van der Waals surface area contributed by atoms with E-state index in [0.29, 0.717) is 25.2 Å². The molecule has 1 unspecified atom stereocenters. The van der Waals surface area contributed by atoms with E-state index in [4.69, 9.17) is 11.5 Å². The second-order valence-electron chi connectivity index (χ2n) is 6.56. The summed E-state index contributed by atoms with van der Waals surface area (Å²) in [7, 11) is 0. The number of aryl methyl sites for hydroxylation is 2. The van der Waals surface area contributed by atoms with Crippen LogP contribution in [-0.4, -0.2) is 28.9 Å². The minimum Gasteiger partial charge on any atom is -0.384 e. The van der Waals surface area contributed by atoms with Crippen LogP contribution < -0.4 is 22.1 Å². The first kappa shape index (κ1) is 20.4. The molecule has 7 heteroatoms. The van der Waals surface area contributed by atoms with Crippen molar-refractivity contribution in [3.8, 4) is 0 Å². The number of carbonyl (C=O) groups is 2. The molecule has 27 heavy (non-hydrogen) atoms. The van der Waals surface area contributed by atoms with Crippen LogP contribution in [0.4, 0.5) is 5.82 Å². The molecule has 7 nitrogen and oxygen atoms in total. The van der Waals surface area contributed by atoms with Gasteiger partial charge in [-0.15, -0.1) is 0 Å². The Hall–Kier alpha value is -2.93. The van der Waals surface area contributed by atoms with Crippen molar-refractivity contribution in [1.82, 2.24) is 15.6 Å². The van der Waals surface area contributed by atoms with E-state index in [2.05, 4.69) is 15.6 Å². The van der Waals surface area contributed by atoms with E-state index in [1.165, 1.54) is 0 Å². The first-order chi connectivity index (χ1) is 12.9. The summed E-state index contributed by atoms with van der Waals surface area (Å²) in [6.07, 6.45) is 1.22. The van der Waals surface area contributed by atoms with Gasteiger partial charge in [-0.3, -0.25) is 9.59 Å². The molecule has 2 aromatic rings. The zero-order valence-corrected chi connectivity index (χ0v) is 15.7. The van der Waals surface area contributed by atoms with E-state index in [-0.39, 0.29) is 11.8 Å². The number of pyridine rings is 1. The van der Waals surface area contributed by atoms with Gasteiger partial charge in [-0.05, 0) is 43.9 Å². The summed E-state index contributed by atoms with van der Waals surface area (Å²) in [6.45, 7) is 3.78. The second kappa shape index (κ2) is 9.68. The van der Waals surface area contributed by atoms with Crippen molar-refractivity contribution >= 4 is 17.6 Å². The van der Waals surface area contributed by atoms with E-state index in [1.54, 1.807) is 13.0 Å². The average molecular weight is 369 g/mol. The summed E-state index contributed by atoms with van der Waals surface area (Å²) in [6, 6.07) is 12.0. The zero-order valence-electron chi connectivity index (χ0n) is 15.7. The highest BCUT2D eigenvalue weighted by atomic mass is 16.2. The van der Waals surface area contributed by atoms with E-state index in [1.807, 2.05) is 43.3 Å². The van der Waals surface area contributed by atoms with E-state index >= 15 is 0 Å². The maximum atomic E-state index is 12.2. The molecule has 0 aliphatic heterocycles. The normalized spacial score (nSPS) is 12.9. The molecule has 0 spiro atoms. The van der Waals surface area contributed by atoms with Crippen molar-refractivity contribution in [1.29, 1.82) is 0 Å². The smallest absolute Gasteiger partial charge is 0.242 e. The zero-order chi connectivity index (χ0) is 19.8. The van der Waals surface area contributed by atoms with Crippen LogP contribution in [0.2, 0.25) is 0 Å². The monoisotopic (exact) mass is 369 g/mol. The molecule has 1 aromatic carbocycles. The molecule has 2 rings (SSSR count). The molecule has 1 heterocycles. The maximum absolute atomic E-state index is 12.2. The van der Waals surface area contributed by atoms with Gasteiger partial charge in [-0.1, -0.05) is 36.4 Å². The molecule has 2 amide bonds. The van der Waals surface area contributed by atoms with Gasteiger partial charge >= 0.3 is 0 Å². The Bertz CT molecular complexity index is 779. The van der Waals surface area contributed by atoms with Gasteiger partial charge in [0.15, 0.2) is 0 Å². The minimum absolute atomic E-state index is 0.283. The van der Waals surface area contributed by atoms with Crippen LogP contribution in [0.3, 0.4) is 0 Å². The lowest BCUT2D eigenvalue weighted by Crippen LogP contribution is -2.50. The Morgan fingerprint density at radius 3 is 2.48 bits per heavy atom. The van der Waals surface area contributed by atoms with Gasteiger partial charge < -0.3 is 22.1 Å². The fourth-order valence-electron chi connectivity index (χ4n) is 2.62. The molecular formula is C20H27N5O2. The molecule has 0 radical (unpaired) electrons. The van der Waals surface area contributed by atoms with E-state index in [9.17, 15) is 9.59 Å². The first-order valence-electron chi connectivity index (χ1n) is 8.96. The number of rotatable bonds is 8. The van der Waals surface area contributed by atoms with Crippen molar-refractivity contribution in [2.45, 2.75) is 45.3 Å². The lowest BCUT2D eigenvalue weighted by molar-refractivity contribution is -0.129. The molecule has 0 fully saturated rings. The molecule has 0 aliphatic rings. The lowest BCUT2D eigenvalue weighted by Gasteiger charge is -2.18. The molecule has 0 bridgehead atoms. The number of aromatic nitrogens is 1. The van der Waals surface area contributed by atoms with Crippen LogP contribution in [-0.2, 0) is 22.6 Å². The summed E-state index contributed by atoms with van der Waals surface area (Å²) in [5, 5.41) is 5.45. The molecule has 0 saturated heterocycles. The Balaban J connectivity index is 1.77. The third-order valence-corrected chi connectivity index (χ3v) is 4.35. The summed E-state index contributed by atoms with van der Waals surface area (Å²) in [5.41, 5.74) is 14.3. The summed E-state index contributed by atoms with van der Waals surface area (Å²) < 4.78 is 0. The third-order valence-electron chi connectivity index (χ3n) is 4.35. The predicted molar refractivity (Wildman–Crippen MR) is 106 cm³/mol. The predicted octanol–water partition coefficient (Wildman–Crippen LogP) is 1.05. The van der Waals surface area contributed by atoms with Gasteiger partial charge in [-0.2, -0.15) is 0 Å². The van der Waals surface area contributed by atoms with E-state index in [0.717, 1.165) is 16.8 Å². The van der Waals surface area contributed by atoms with Crippen LogP contribution in [0, 0.1) is 6.92 Å². The topological polar surface area (TPSA) is 123 Å². The fraction of sp³-hybridized carbons (Fsp3) is 0.350. The van der Waals surface area contributed by atoms with Crippen molar-refractivity contribution in [2.24, 2.45) is 5.73 Å². The molecule has 1 aromatic heterocycles. The van der Waals surface area contributed by atoms with Gasteiger partial charge in [-0.25, -0.2) is 4.98 Å². The van der Waals surface area contributed by atoms with Gasteiger partial charge in [0.25, 0.3) is 0 Å². The third kappa shape index (κ3) is 6.38. The van der Waals surface area contributed by atoms with Crippen molar-refractivity contribution in [3.05, 3.63) is 59.3 Å². The van der Waals surface area contributed by atoms with Gasteiger partial charge in [0.2, 0.25) is 11.8 Å². The number of nitrogen functional groups attached to an aromatic ring is 1. The molecule has 144 valence electrons. The van der Waals surface area contributed by atoms with Gasteiger partial charge in [0.05, 0.1) is 6.04 Å². The molecular weight excluding hydrogens is 342 g/mol. The summed E-state index contributed by atoms with van der Waals surface area (Å²) >= 11 is 0. The Kier molecular flexibility index (Phi) is 7.31. The SMILES string of the molecule is Cc1nc(N)ccc1CNC(=O)C(C)NC(=O)[C@H](N)CCc1ccccc1. The largest absolute Gasteiger partial charge is 0.384 e. The number of nitrogens with one attached hydrogen (secondary N) is 2. The number of carbonyl (C=O) groups excluding carboxylic acids is 2. The average Bonchev–Trinajstić information content (AvgIpc) is 2.65. The first-order valence-corrected chi connectivity index (χ1v) is 8.96. The number of hydrogen-bond acceptors (Lipinski definition) is 5. The van der Waals surface area contributed by atoms with Crippen LogP contribution >= 0.6 is 0 Å². The highest BCUT2D eigenvalue weighted by Gasteiger charge is 2.20. The number of benzene rings is 1.